The van der Waals surface area contributed by atoms with E-state index >= 15 is 0 Å². The van der Waals surface area contributed by atoms with E-state index < -0.39 is 0 Å². The van der Waals surface area contributed by atoms with Crippen LogP contribution in [0.3, 0.4) is 0 Å². The lowest BCUT2D eigenvalue weighted by atomic mass is 10.2. The van der Waals surface area contributed by atoms with Crippen LogP contribution in [0.15, 0.2) is 18.5 Å². The third kappa shape index (κ3) is 2.83. The van der Waals surface area contributed by atoms with Crippen molar-refractivity contribution in [2.45, 2.75) is 0 Å². The minimum absolute atomic E-state index is 0.0174. The summed E-state index contributed by atoms with van der Waals surface area (Å²) in [5.41, 5.74) is 0.645. The number of rotatable bonds is 3. The number of allylic oxidation sites excluding steroid dienone is 1. The Balaban J connectivity index is 2.85. The Labute approximate surface area is 96.7 Å². The topological polar surface area (TPSA) is 38.1 Å². The molecule has 1 aromatic rings. The molecular formula is C9H12IN3O. The molecule has 0 N–H and O–H groups in total. The Morgan fingerprint density at radius 1 is 1.64 bits per heavy atom. The highest BCUT2D eigenvalue weighted by molar-refractivity contribution is 14.1. The zero-order valence-corrected chi connectivity index (χ0v) is 10.5. The molecule has 0 bridgehead atoms. The van der Waals surface area contributed by atoms with Crippen molar-refractivity contribution in [1.82, 2.24) is 14.7 Å². The summed E-state index contributed by atoms with van der Waals surface area (Å²) in [7, 11) is 5.55. The normalized spacial score (nSPS) is 10.9. The SMILES string of the molecule is CN(C)C=CC(=O)c1cn(C)nc1I. The van der Waals surface area contributed by atoms with Crippen molar-refractivity contribution >= 4 is 28.4 Å². The molecule has 0 unspecified atom stereocenters. The Kier molecular flexibility index (Phi) is 3.68. The predicted octanol–water partition coefficient (Wildman–Crippen LogP) is 1.28. The third-order valence-corrected chi connectivity index (χ3v) is 2.37. The molecule has 0 aliphatic carbocycles. The van der Waals surface area contributed by atoms with Crippen LogP contribution in [0.4, 0.5) is 0 Å². The number of aromatic nitrogens is 2. The molecule has 0 atom stereocenters. The molecule has 0 aliphatic rings. The molecule has 0 saturated heterocycles. The van der Waals surface area contributed by atoms with Crippen LogP contribution in [0.25, 0.3) is 0 Å². The van der Waals surface area contributed by atoms with Crippen LogP contribution < -0.4 is 0 Å². The van der Waals surface area contributed by atoms with Crippen LogP contribution in [-0.2, 0) is 7.05 Å². The standard InChI is InChI=1S/C9H12IN3O/c1-12(2)5-4-8(14)7-6-13(3)11-9(7)10/h4-6H,1-3H3. The van der Waals surface area contributed by atoms with Gasteiger partial charge in [-0.15, -0.1) is 0 Å². The highest BCUT2D eigenvalue weighted by Crippen LogP contribution is 2.10. The maximum absolute atomic E-state index is 11.6. The zero-order chi connectivity index (χ0) is 10.7. The fourth-order valence-corrected chi connectivity index (χ4v) is 1.68. The number of aryl methyl sites for hydroxylation is 1. The van der Waals surface area contributed by atoms with Gasteiger partial charge in [0.2, 0.25) is 0 Å². The van der Waals surface area contributed by atoms with Crippen LogP contribution in [0.2, 0.25) is 0 Å². The molecule has 14 heavy (non-hydrogen) atoms. The molecule has 1 aromatic heterocycles. The van der Waals surface area contributed by atoms with Crippen molar-refractivity contribution in [3.63, 3.8) is 0 Å². The molecule has 0 aliphatic heterocycles. The number of hydrogen-bond donors (Lipinski definition) is 0. The largest absolute Gasteiger partial charge is 0.383 e. The molecule has 1 rings (SSSR count). The van der Waals surface area contributed by atoms with E-state index in [0.717, 1.165) is 3.70 Å². The lowest BCUT2D eigenvalue weighted by Gasteiger charge is -2.01. The van der Waals surface area contributed by atoms with Crippen molar-refractivity contribution in [3.8, 4) is 0 Å². The van der Waals surface area contributed by atoms with Crippen LogP contribution in [0, 0.1) is 3.70 Å². The minimum Gasteiger partial charge on any atom is -0.383 e. The number of carbonyl (C=O) groups is 1. The van der Waals surface area contributed by atoms with Crippen molar-refractivity contribution in [2.24, 2.45) is 7.05 Å². The molecule has 0 fully saturated rings. The van der Waals surface area contributed by atoms with E-state index in [0.29, 0.717) is 5.56 Å². The number of halogens is 1. The highest BCUT2D eigenvalue weighted by atomic mass is 127. The third-order valence-electron chi connectivity index (χ3n) is 1.57. The van der Waals surface area contributed by atoms with E-state index in [1.165, 1.54) is 0 Å². The number of nitrogens with zero attached hydrogens (tertiary/aromatic N) is 3. The summed E-state index contributed by atoms with van der Waals surface area (Å²) < 4.78 is 2.37. The summed E-state index contributed by atoms with van der Waals surface area (Å²) in [4.78, 5) is 13.4. The molecule has 0 saturated carbocycles. The molecule has 4 nitrogen and oxygen atoms in total. The second-order valence-electron chi connectivity index (χ2n) is 3.15. The first kappa shape index (κ1) is 11.2. The van der Waals surface area contributed by atoms with Crippen molar-refractivity contribution in [3.05, 3.63) is 27.7 Å². The Morgan fingerprint density at radius 3 is 2.71 bits per heavy atom. The van der Waals surface area contributed by atoms with Gasteiger partial charge in [0.05, 0.1) is 5.56 Å². The van der Waals surface area contributed by atoms with E-state index in [9.17, 15) is 4.79 Å². The van der Waals surface area contributed by atoms with Crippen molar-refractivity contribution in [1.29, 1.82) is 0 Å². The molecular weight excluding hydrogens is 293 g/mol. The summed E-state index contributed by atoms with van der Waals surface area (Å²) in [6, 6.07) is 0. The summed E-state index contributed by atoms with van der Waals surface area (Å²) in [6.45, 7) is 0. The highest BCUT2D eigenvalue weighted by Gasteiger charge is 2.10. The van der Waals surface area contributed by atoms with E-state index in [-0.39, 0.29) is 5.78 Å². The van der Waals surface area contributed by atoms with E-state index in [4.69, 9.17) is 0 Å². The van der Waals surface area contributed by atoms with Crippen LogP contribution in [0.1, 0.15) is 10.4 Å². The number of carbonyl (C=O) groups excluding carboxylic acids is 1. The first-order chi connectivity index (χ1) is 6.50. The Bertz CT molecular complexity index is 368. The lowest BCUT2D eigenvalue weighted by Crippen LogP contribution is -2.03. The number of ketones is 1. The smallest absolute Gasteiger partial charge is 0.191 e. The quantitative estimate of drug-likeness (QED) is 0.480. The number of hydrogen-bond acceptors (Lipinski definition) is 3. The molecule has 1 heterocycles. The molecule has 76 valence electrons. The Hall–Kier alpha value is -0.850. The van der Waals surface area contributed by atoms with Gasteiger partial charge >= 0.3 is 0 Å². The maximum atomic E-state index is 11.6. The lowest BCUT2D eigenvalue weighted by molar-refractivity contribution is 0.104. The van der Waals surface area contributed by atoms with Gasteiger partial charge in [0.15, 0.2) is 5.78 Å². The van der Waals surface area contributed by atoms with Gasteiger partial charge in [0.25, 0.3) is 0 Å². The Morgan fingerprint density at radius 2 is 2.29 bits per heavy atom. The van der Waals surface area contributed by atoms with Gasteiger partial charge in [-0.25, -0.2) is 0 Å². The first-order valence-corrected chi connectivity index (χ1v) is 5.16. The molecule has 5 heteroatoms. The average molecular weight is 305 g/mol. The first-order valence-electron chi connectivity index (χ1n) is 4.09. The average Bonchev–Trinajstić information content (AvgIpc) is 2.41. The van der Waals surface area contributed by atoms with Gasteiger partial charge in [-0.3, -0.25) is 9.48 Å². The second kappa shape index (κ2) is 4.59. The van der Waals surface area contributed by atoms with Crippen molar-refractivity contribution in [2.75, 3.05) is 14.1 Å². The fraction of sp³-hybridized carbons (Fsp3) is 0.333. The van der Waals surface area contributed by atoms with Gasteiger partial charge in [-0.1, -0.05) is 0 Å². The summed E-state index contributed by atoms with van der Waals surface area (Å²) >= 11 is 2.05. The monoisotopic (exact) mass is 305 g/mol. The van der Waals surface area contributed by atoms with Gasteiger partial charge in [0.1, 0.15) is 3.70 Å². The maximum Gasteiger partial charge on any atom is 0.191 e. The zero-order valence-electron chi connectivity index (χ0n) is 8.36. The predicted molar refractivity (Wildman–Crippen MR) is 63.1 cm³/mol. The summed E-state index contributed by atoms with van der Waals surface area (Å²) in [5.74, 6) is -0.0174. The summed E-state index contributed by atoms with van der Waals surface area (Å²) in [5, 5.41) is 4.09. The summed E-state index contributed by atoms with van der Waals surface area (Å²) in [6.07, 6.45) is 4.99. The van der Waals surface area contributed by atoms with E-state index in [1.807, 2.05) is 19.0 Å². The van der Waals surface area contributed by atoms with E-state index in [2.05, 4.69) is 27.7 Å². The van der Waals surface area contributed by atoms with Crippen molar-refractivity contribution < 1.29 is 4.79 Å². The van der Waals surface area contributed by atoms with Crippen LogP contribution in [-0.4, -0.2) is 34.6 Å². The second-order valence-corrected chi connectivity index (χ2v) is 4.17. The van der Waals surface area contributed by atoms with Gasteiger partial charge < -0.3 is 4.90 Å². The van der Waals surface area contributed by atoms with Gasteiger partial charge in [-0.05, 0) is 22.6 Å². The van der Waals surface area contributed by atoms with E-state index in [1.54, 1.807) is 30.2 Å². The minimum atomic E-state index is -0.0174. The molecule has 0 radical (unpaired) electrons. The van der Waals surface area contributed by atoms with Crippen LogP contribution in [0.5, 0.6) is 0 Å². The fourth-order valence-electron chi connectivity index (χ4n) is 0.933. The van der Waals surface area contributed by atoms with Gasteiger partial charge in [-0.2, -0.15) is 5.10 Å². The molecule has 0 aromatic carbocycles. The molecule has 0 amide bonds. The molecule has 0 spiro atoms. The van der Waals surface area contributed by atoms with Crippen LogP contribution >= 0.6 is 22.6 Å². The van der Waals surface area contributed by atoms with Gasteiger partial charge in [0, 0.05) is 39.6 Å².